The Bertz CT molecular complexity index is 909. The number of carbonyl (C=O) groups excluding carboxylic acids is 2. The van der Waals surface area contributed by atoms with Crippen molar-refractivity contribution in [1.29, 1.82) is 0 Å². The lowest BCUT2D eigenvalue weighted by Gasteiger charge is -2.34. The van der Waals surface area contributed by atoms with Gasteiger partial charge in [0, 0.05) is 37.1 Å². The summed E-state index contributed by atoms with van der Waals surface area (Å²) in [6.07, 6.45) is 8.98. The Labute approximate surface area is 183 Å². The van der Waals surface area contributed by atoms with Crippen molar-refractivity contribution >= 4 is 11.9 Å². The van der Waals surface area contributed by atoms with Gasteiger partial charge in [-0.15, -0.1) is 0 Å². The van der Waals surface area contributed by atoms with Gasteiger partial charge in [0.15, 0.2) is 5.82 Å². The van der Waals surface area contributed by atoms with E-state index in [0.29, 0.717) is 30.5 Å². The van der Waals surface area contributed by atoms with Gasteiger partial charge in [-0.2, -0.15) is 5.10 Å². The van der Waals surface area contributed by atoms with E-state index < -0.39 is 0 Å². The number of urea groups is 1. The van der Waals surface area contributed by atoms with Gasteiger partial charge in [0.05, 0.1) is 11.3 Å². The number of hydrogen-bond donors (Lipinski definition) is 2. The quantitative estimate of drug-likeness (QED) is 0.789. The van der Waals surface area contributed by atoms with Crippen LogP contribution in [0.25, 0.3) is 5.82 Å². The minimum atomic E-state index is -0.127. The minimum Gasteiger partial charge on any atom is -0.349 e. The molecule has 3 amide bonds. The van der Waals surface area contributed by atoms with Crippen molar-refractivity contribution in [2.24, 2.45) is 0 Å². The molecule has 1 aliphatic heterocycles. The maximum Gasteiger partial charge on any atom is 0.317 e. The Morgan fingerprint density at radius 1 is 0.968 bits per heavy atom. The maximum atomic E-state index is 12.6. The fraction of sp³-hybridized carbons (Fsp3) is 0.565. The van der Waals surface area contributed by atoms with E-state index in [1.165, 1.54) is 19.3 Å². The molecule has 31 heavy (non-hydrogen) atoms. The second-order valence-corrected chi connectivity index (χ2v) is 8.76. The molecule has 0 radical (unpaired) electrons. The third-order valence-electron chi connectivity index (χ3n) is 6.29. The van der Waals surface area contributed by atoms with Crippen LogP contribution in [0.15, 0.2) is 24.4 Å². The lowest BCUT2D eigenvalue weighted by atomic mass is 9.95. The van der Waals surface area contributed by atoms with Crippen LogP contribution >= 0.6 is 0 Å². The number of carbonyl (C=O) groups is 2. The first-order valence-electron chi connectivity index (χ1n) is 11.4. The van der Waals surface area contributed by atoms with Crippen LogP contribution in [0.5, 0.6) is 0 Å². The number of amides is 3. The van der Waals surface area contributed by atoms with Gasteiger partial charge in [0.2, 0.25) is 0 Å². The molecule has 8 nitrogen and oxygen atoms in total. The van der Waals surface area contributed by atoms with E-state index in [4.69, 9.17) is 0 Å². The number of rotatable bonds is 4. The highest BCUT2D eigenvalue weighted by Gasteiger charge is 2.26. The topological polar surface area (TPSA) is 92.2 Å². The highest BCUT2D eigenvalue weighted by Crippen LogP contribution is 2.18. The van der Waals surface area contributed by atoms with Crippen LogP contribution in [-0.2, 0) is 0 Å². The zero-order valence-electron chi connectivity index (χ0n) is 18.4. The summed E-state index contributed by atoms with van der Waals surface area (Å²) >= 11 is 0. The SMILES string of the molecule is Cc1cc(C)n(-c2ccc(C(=O)NC3CCN(C(=O)NC4CCCCC4)CC3)cn2)n1. The summed E-state index contributed by atoms with van der Waals surface area (Å²) in [5, 5.41) is 10.7. The Morgan fingerprint density at radius 2 is 1.68 bits per heavy atom. The first-order chi connectivity index (χ1) is 15.0. The zero-order chi connectivity index (χ0) is 21.8. The molecule has 4 rings (SSSR count). The third-order valence-corrected chi connectivity index (χ3v) is 6.29. The molecule has 2 N–H and O–H groups in total. The number of aromatic nitrogens is 3. The standard InChI is InChI=1S/C23H32N6O2/c1-16-14-17(2)29(27-16)21-9-8-18(15-24-21)22(30)25-20-10-12-28(13-11-20)23(31)26-19-6-4-3-5-7-19/h8-9,14-15,19-20H,3-7,10-13H2,1-2H3,(H,25,30)(H,26,31). The summed E-state index contributed by atoms with van der Waals surface area (Å²) in [5.41, 5.74) is 2.46. The van der Waals surface area contributed by atoms with Crippen LogP contribution in [0.3, 0.4) is 0 Å². The zero-order valence-corrected chi connectivity index (χ0v) is 18.4. The van der Waals surface area contributed by atoms with Crippen molar-refractivity contribution in [3.05, 3.63) is 41.3 Å². The summed E-state index contributed by atoms with van der Waals surface area (Å²) in [7, 11) is 0. The molecule has 2 aromatic rings. The Hall–Kier alpha value is -2.90. The van der Waals surface area contributed by atoms with Crippen LogP contribution in [-0.4, -0.2) is 56.8 Å². The van der Waals surface area contributed by atoms with E-state index in [1.807, 2.05) is 30.9 Å². The van der Waals surface area contributed by atoms with E-state index >= 15 is 0 Å². The Balaban J connectivity index is 1.26. The molecule has 0 unspecified atom stereocenters. The molecule has 166 valence electrons. The molecule has 0 aromatic carbocycles. The van der Waals surface area contributed by atoms with E-state index in [9.17, 15) is 9.59 Å². The number of pyridine rings is 1. The molecular weight excluding hydrogens is 392 g/mol. The maximum absolute atomic E-state index is 12.6. The first-order valence-corrected chi connectivity index (χ1v) is 11.4. The third kappa shape index (κ3) is 5.24. The molecule has 3 heterocycles. The Morgan fingerprint density at radius 3 is 2.29 bits per heavy atom. The van der Waals surface area contributed by atoms with E-state index in [-0.39, 0.29) is 18.0 Å². The molecular formula is C23H32N6O2. The van der Waals surface area contributed by atoms with E-state index in [2.05, 4.69) is 20.7 Å². The van der Waals surface area contributed by atoms with Crippen molar-refractivity contribution in [1.82, 2.24) is 30.3 Å². The second kappa shape index (κ2) is 9.49. The number of piperidine rings is 1. The van der Waals surface area contributed by atoms with Crippen LogP contribution < -0.4 is 10.6 Å². The average molecular weight is 425 g/mol. The van der Waals surface area contributed by atoms with Gasteiger partial charge in [-0.05, 0) is 57.7 Å². The van der Waals surface area contributed by atoms with Crippen molar-refractivity contribution in [3.8, 4) is 5.82 Å². The van der Waals surface area contributed by atoms with Crippen LogP contribution in [0.1, 0.15) is 66.7 Å². The fourth-order valence-electron chi connectivity index (χ4n) is 4.51. The summed E-state index contributed by atoms with van der Waals surface area (Å²) < 4.78 is 1.77. The first kappa shape index (κ1) is 21.3. The lowest BCUT2D eigenvalue weighted by Crippen LogP contribution is -2.51. The number of nitrogens with zero attached hydrogens (tertiary/aromatic N) is 4. The smallest absolute Gasteiger partial charge is 0.317 e. The number of aryl methyl sites for hydroxylation is 2. The minimum absolute atomic E-state index is 0.0422. The molecule has 1 saturated heterocycles. The van der Waals surface area contributed by atoms with Crippen molar-refractivity contribution in [2.75, 3.05) is 13.1 Å². The van der Waals surface area contributed by atoms with E-state index in [0.717, 1.165) is 37.1 Å². The summed E-state index contributed by atoms with van der Waals surface area (Å²) in [5.74, 6) is 0.567. The van der Waals surface area contributed by atoms with Gasteiger partial charge in [0.25, 0.3) is 5.91 Å². The van der Waals surface area contributed by atoms with Gasteiger partial charge < -0.3 is 15.5 Å². The molecule has 2 aliphatic rings. The number of hydrogen-bond acceptors (Lipinski definition) is 4. The van der Waals surface area contributed by atoms with Crippen LogP contribution in [0.2, 0.25) is 0 Å². The summed E-state index contributed by atoms with van der Waals surface area (Å²) in [6, 6.07) is 6.02. The van der Waals surface area contributed by atoms with Gasteiger partial charge in [-0.25, -0.2) is 14.5 Å². The van der Waals surface area contributed by atoms with Crippen molar-refractivity contribution in [2.45, 2.75) is 70.9 Å². The molecule has 1 saturated carbocycles. The molecule has 2 aromatic heterocycles. The fourth-order valence-corrected chi connectivity index (χ4v) is 4.51. The largest absolute Gasteiger partial charge is 0.349 e. The van der Waals surface area contributed by atoms with Crippen molar-refractivity contribution in [3.63, 3.8) is 0 Å². The summed E-state index contributed by atoms with van der Waals surface area (Å²) in [6.45, 7) is 5.25. The van der Waals surface area contributed by atoms with Gasteiger partial charge in [-0.1, -0.05) is 19.3 Å². The second-order valence-electron chi connectivity index (χ2n) is 8.76. The Kier molecular flexibility index (Phi) is 6.53. The molecule has 0 spiro atoms. The normalized spacial score (nSPS) is 18.1. The van der Waals surface area contributed by atoms with E-state index in [1.54, 1.807) is 16.9 Å². The molecule has 0 bridgehead atoms. The number of nitrogens with one attached hydrogen (secondary N) is 2. The monoisotopic (exact) mass is 424 g/mol. The van der Waals surface area contributed by atoms with Gasteiger partial charge in [-0.3, -0.25) is 4.79 Å². The lowest BCUT2D eigenvalue weighted by molar-refractivity contribution is 0.0917. The molecule has 1 aliphatic carbocycles. The molecule has 0 atom stereocenters. The molecule has 8 heteroatoms. The molecule has 2 fully saturated rings. The van der Waals surface area contributed by atoms with Crippen LogP contribution in [0, 0.1) is 13.8 Å². The highest BCUT2D eigenvalue weighted by molar-refractivity contribution is 5.94. The van der Waals surface area contributed by atoms with Gasteiger partial charge >= 0.3 is 6.03 Å². The van der Waals surface area contributed by atoms with Gasteiger partial charge in [0.1, 0.15) is 0 Å². The predicted octanol–water partition coefficient (Wildman–Crippen LogP) is 3.12. The average Bonchev–Trinajstić information content (AvgIpc) is 3.13. The number of likely N-dealkylation sites (tertiary alicyclic amines) is 1. The van der Waals surface area contributed by atoms with Crippen LogP contribution in [0.4, 0.5) is 4.79 Å². The van der Waals surface area contributed by atoms with Crippen molar-refractivity contribution < 1.29 is 9.59 Å². The summed E-state index contributed by atoms with van der Waals surface area (Å²) in [4.78, 5) is 31.4. The highest BCUT2D eigenvalue weighted by atomic mass is 16.2. The predicted molar refractivity (Wildman–Crippen MR) is 118 cm³/mol.